The van der Waals surface area contributed by atoms with E-state index in [1.807, 2.05) is 47.1 Å². The lowest BCUT2D eigenvalue weighted by atomic mass is 10.1. The predicted octanol–water partition coefficient (Wildman–Crippen LogP) is 3.64. The number of pyridine rings is 1. The highest BCUT2D eigenvalue weighted by atomic mass is 79.9. The van der Waals surface area contributed by atoms with Crippen LogP contribution in [0, 0.1) is 11.3 Å². The number of fused-ring (bicyclic) bond motifs is 1. The lowest BCUT2D eigenvalue weighted by Crippen LogP contribution is -1.81. The summed E-state index contributed by atoms with van der Waals surface area (Å²) in [6, 6.07) is 13.5. The zero-order valence-electron chi connectivity index (χ0n) is 9.34. The highest BCUT2D eigenvalue weighted by Gasteiger charge is 2.06. The lowest BCUT2D eigenvalue weighted by molar-refractivity contribution is 1.18. The van der Waals surface area contributed by atoms with E-state index in [4.69, 9.17) is 5.26 Å². The van der Waals surface area contributed by atoms with E-state index < -0.39 is 0 Å². The van der Waals surface area contributed by atoms with Gasteiger partial charge in [-0.3, -0.25) is 0 Å². The minimum Gasteiger partial charge on any atom is -0.306 e. The van der Waals surface area contributed by atoms with Crippen molar-refractivity contribution >= 4 is 21.6 Å². The Morgan fingerprint density at radius 1 is 1.22 bits per heavy atom. The molecule has 0 radical (unpaired) electrons. The molecule has 86 valence electrons. The number of hydrogen-bond acceptors (Lipinski definition) is 2. The highest BCUT2D eigenvalue weighted by molar-refractivity contribution is 9.10. The van der Waals surface area contributed by atoms with Crippen molar-refractivity contribution in [3.05, 3.63) is 58.8 Å². The Hall–Kier alpha value is -2.12. The Morgan fingerprint density at radius 2 is 2.11 bits per heavy atom. The van der Waals surface area contributed by atoms with Gasteiger partial charge in [-0.2, -0.15) is 5.26 Å². The monoisotopic (exact) mass is 297 g/mol. The van der Waals surface area contributed by atoms with Crippen molar-refractivity contribution in [2.75, 3.05) is 0 Å². The lowest BCUT2D eigenvalue weighted by Gasteiger charge is -1.95. The number of halogens is 1. The van der Waals surface area contributed by atoms with Crippen LogP contribution >= 0.6 is 15.9 Å². The highest BCUT2D eigenvalue weighted by Crippen LogP contribution is 2.23. The number of rotatable bonds is 1. The van der Waals surface area contributed by atoms with E-state index in [1.165, 1.54) is 0 Å². The molecule has 4 heteroatoms. The third-order valence-corrected chi connectivity index (χ3v) is 3.34. The summed E-state index contributed by atoms with van der Waals surface area (Å²) in [6.07, 6.45) is 3.90. The average Bonchev–Trinajstić information content (AvgIpc) is 2.84. The van der Waals surface area contributed by atoms with E-state index in [0.717, 1.165) is 21.4 Å². The van der Waals surface area contributed by atoms with Crippen LogP contribution in [0.1, 0.15) is 5.56 Å². The molecule has 0 saturated carbocycles. The summed E-state index contributed by atoms with van der Waals surface area (Å²) in [6.45, 7) is 0. The quantitative estimate of drug-likeness (QED) is 0.688. The van der Waals surface area contributed by atoms with Crippen molar-refractivity contribution in [1.82, 2.24) is 9.38 Å². The van der Waals surface area contributed by atoms with Gasteiger partial charge >= 0.3 is 0 Å². The summed E-state index contributed by atoms with van der Waals surface area (Å²) in [5.74, 6) is 0. The molecule has 0 fully saturated rings. The van der Waals surface area contributed by atoms with Gasteiger partial charge in [0.25, 0.3) is 0 Å². The summed E-state index contributed by atoms with van der Waals surface area (Å²) in [4.78, 5) is 4.56. The molecule has 0 bridgehead atoms. The predicted molar refractivity (Wildman–Crippen MR) is 73.0 cm³/mol. The smallest absolute Gasteiger partial charge is 0.151 e. The van der Waals surface area contributed by atoms with Crippen molar-refractivity contribution in [1.29, 1.82) is 5.26 Å². The van der Waals surface area contributed by atoms with Crippen molar-refractivity contribution < 1.29 is 0 Å². The van der Waals surface area contributed by atoms with Gasteiger partial charge in [0.05, 0.1) is 21.8 Å². The van der Waals surface area contributed by atoms with Crippen LogP contribution in [0.3, 0.4) is 0 Å². The average molecular weight is 298 g/mol. The van der Waals surface area contributed by atoms with Crippen LogP contribution in [-0.4, -0.2) is 9.38 Å². The fourth-order valence-electron chi connectivity index (χ4n) is 1.87. The Labute approximate surface area is 112 Å². The van der Waals surface area contributed by atoms with Crippen molar-refractivity contribution in [2.45, 2.75) is 0 Å². The second-order valence-electron chi connectivity index (χ2n) is 3.91. The second kappa shape index (κ2) is 4.28. The number of imidazole rings is 1. The first-order valence-electron chi connectivity index (χ1n) is 5.42. The maximum atomic E-state index is 8.91. The van der Waals surface area contributed by atoms with Crippen LogP contribution in [0.2, 0.25) is 0 Å². The topological polar surface area (TPSA) is 41.1 Å². The van der Waals surface area contributed by atoms with Crippen LogP contribution in [0.5, 0.6) is 0 Å². The third kappa shape index (κ3) is 1.79. The Kier molecular flexibility index (Phi) is 2.62. The molecule has 1 aromatic carbocycles. The fourth-order valence-corrected chi connectivity index (χ4v) is 2.31. The molecule has 0 saturated heterocycles. The minimum absolute atomic E-state index is 0.642. The van der Waals surface area contributed by atoms with E-state index in [9.17, 15) is 0 Å². The molecule has 0 amide bonds. The van der Waals surface area contributed by atoms with Gasteiger partial charge in [0.2, 0.25) is 0 Å². The molecule has 0 aliphatic heterocycles. The zero-order valence-corrected chi connectivity index (χ0v) is 10.9. The summed E-state index contributed by atoms with van der Waals surface area (Å²) in [7, 11) is 0. The molecule has 2 aromatic heterocycles. The molecule has 0 aliphatic rings. The van der Waals surface area contributed by atoms with E-state index in [2.05, 4.69) is 27.0 Å². The maximum absolute atomic E-state index is 8.91. The van der Waals surface area contributed by atoms with Gasteiger partial charge in [-0.1, -0.05) is 12.1 Å². The Morgan fingerprint density at radius 3 is 2.89 bits per heavy atom. The second-order valence-corrected chi connectivity index (χ2v) is 4.76. The molecule has 0 aliphatic carbocycles. The molecule has 2 heterocycles. The number of nitrogens with zero attached hydrogens (tertiary/aromatic N) is 3. The molecule has 0 spiro atoms. The number of benzene rings is 1. The van der Waals surface area contributed by atoms with Crippen molar-refractivity contribution in [3.8, 4) is 17.3 Å². The molecule has 0 unspecified atom stereocenters. The summed E-state index contributed by atoms with van der Waals surface area (Å²) < 4.78 is 2.91. The van der Waals surface area contributed by atoms with Gasteiger partial charge < -0.3 is 4.40 Å². The SMILES string of the molecule is N#Cc1cccc(-c2cn3cccc(Br)c3n2)c1. The summed E-state index contributed by atoms with van der Waals surface area (Å²) in [5.41, 5.74) is 3.32. The first-order valence-corrected chi connectivity index (χ1v) is 6.21. The van der Waals surface area contributed by atoms with Crippen LogP contribution < -0.4 is 0 Å². The number of nitriles is 1. The molecule has 3 nitrogen and oxygen atoms in total. The molecule has 0 atom stereocenters. The van der Waals surface area contributed by atoms with Gasteiger partial charge in [-0.15, -0.1) is 0 Å². The maximum Gasteiger partial charge on any atom is 0.151 e. The van der Waals surface area contributed by atoms with E-state index in [1.54, 1.807) is 6.07 Å². The molecular weight excluding hydrogens is 290 g/mol. The van der Waals surface area contributed by atoms with E-state index >= 15 is 0 Å². The molecule has 3 rings (SSSR count). The zero-order chi connectivity index (χ0) is 12.5. The van der Waals surface area contributed by atoms with E-state index in [-0.39, 0.29) is 0 Å². The first-order chi connectivity index (χ1) is 8.78. The molecule has 3 aromatic rings. The van der Waals surface area contributed by atoms with Crippen LogP contribution in [0.15, 0.2) is 53.3 Å². The number of aromatic nitrogens is 2. The van der Waals surface area contributed by atoms with Crippen LogP contribution in [-0.2, 0) is 0 Å². The van der Waals surface area contributed by atoms with Crippen LogP contribution in [0.25, 0.3) is 16.9 Å². The van der Waals surface area contributed by atoms with Crippen LogP contribution in [0.4, 0.5) is 0 Å². The van der Waals surface area contributed by atoms with Crippen molar-refractivity contribution in [2.24, 2.45) is 0 Å². The van der Waals surface area contributed by atoms with Gasteiger partial charge in [0.15, 0.2) is 5.65 Å². The standard InChI is InChI=1S/C14H8BrN3/c15-12-5-2-6-18-9-13(17-14(12)18)11-4-1-3-10(7-11)8-16/h1-7,9H. The molecule has 0 N–H and O–H groups in total. The van der Waals surface area contributed by atoms with Gasteiger partial charge in [-0.25, -0.2) is 4.98 Å². The largest absolute Gasteiger partial charge is 0.306 e. The Balaban J connectivity index is 2.20. The Bertz CT molecular complexity index is 768. The van der Waals surface area contributed by atoms with Gasteiger partial charge in [-0.05, 0) is 40.2 Å². The summed E-state index contributed by atoms with van der Waals surface area (Å²) >= 11 is 3.48. The fraction of sp³-hybridized carbons (Fsp3) is 0. The van der Waals surface area contributed by atoms with Gasteiger partial charge in [0, 0.05) is 18.0 Å². The summed E-state index contributed by atoms with van der Waals surface area (Å²) in [5, 5.41) is 8.91. The molecular formula is C14H8BrN3. The minimum atomic E-state index is 0.642. The number of hydrogen-bond donors (Lipinski definition) is 0. The normalized spacial score (nSPS) is 10.4. The molecule has 18 heavy (non-hydrogen) atoms. The van der Waals surface area contributed by atoms with E-state index in [0.29, 0.717) is 5.56 Å². The van der Waals surface area contributed by atoms with Gasteiger partial charge in [0.1, 0.15) is 0 Å². The first kappa shape index (κ1) is 11.0. The van der Waals surface area contributed by atoms with Crippen molar-refractivity contribution in [3.63, 3.8) is 0 Å². The third-order valence-electron chi connectivity index (χ3n) is 2.72.